The number of unbranched alkanes of at least 4 members (excludes halogenated alkanes) is 1. The molecule has 0 heterocycles. The first-order chi connectivity index (χ1) is 12.0. The number of benzene rings is 2. The summed E-state index contributed by atoms with van der Waals surface area (Å²) in [5.41, 5.74) is 6.29. The SMILES string of the molecule is CN(c1ccccc1)S(=O)(=O)c1cccc(C(=O)NCCCCN)c1. The first-order valence-electron chi connectivity index (χ1n) is 8.09. The molecule has 2 rings (SSSR count). The monoisotopic (exact) mass is 361 g/mol. The molecule has 25 heavy (non-hydrogen) atoms. The molecule has 0 saturated carbocycles. The second-order valence-electron chi connectivity index (χ2n) is 5.59. The van der Waals surface area contributed by atoms with E-state index in [9.17, 15) is 13.2 Å². The van der Waals surface area contributed by atoms with E-state index in [4.69, 9.17) is 5.73 Å². The summed E-state index contributed by atoms with van der Waals surface area (Å²) in [4.78, 5) is 12.3. The zero-order valence-corrected chi connectivity index (χ0v) is 15.0. The van der Waals surface area contributed by atoms with Gasteiger partial charge in [-0.1, -0.05) is 24.3 Å². The Kier molecular flexibility index (Phi) is 6.55. The van der Waals surface area contributed by atoms with Crippen molar-refractivity contribution in [2.75, 3.05) is 24.4 Å². The average molecular weight is 361 g/mol. The number of carbonyl (C=O) groups excluding carboxylic acids is 1. The van der Waals surface area contributed by atoms with Gasteiger partial charge in [0.25, 0.3) is 15.9 Å². The number of nitrogens with two attached hydrogens (primary N) is 1. The van der Waals surface area contributed by atoms with Gasteiger partial charge in [-0.25, -0.2) is 8.42 Å². The van der Waals surface area contributed by atoms with Crippen LogP contribution in [0.2, 0.25) is 0 Å². The molecule has 0 saturated heterocycles. The van der Waals surface area contributed by atoms with Crippen molar-refractivity contribution in [1.29, 1.82) is 0 Å². The highest BCUT2D eigenvalue weighted by molar-refractivity contribution is 7.92. The molecule has 0 aliphatic carbocycles. The van der Waals surface area contributed by atoms with Gasteiger partial charge in [-0.3, -0.25) is 9.10 Å². The standard InChI is InChI=1S/C18H23N3O3S/c1-21(16-9-3-2-4-10-16)25(23,24)17-11-7-8-15(14-17)18(22)20-13-6-5-12-19/h2-4,7-11,14H,5-6,12-13,19H2,1H3,(H,20,22). The van der Waals surface area contributed by atoms with Gasteiger partial charge in [-0.15, -0.1) is 0 Å². The van der Waals surface area contributed by atoms with E-state index < -0.39 is 10.0 Å². The summed E-state index contributed by atoms with van der Waals surface area (Å²) in [5.74, 6) is -0.295. The fourth-order valence-corrected chi connectivity index (χ4v) is 3.55. The van der Waals surface area contributed by atoms with E-state index in [1.165, 1.54) is 23.5 Å². The van der Waals surface area contributed by atoms with Crippen LogP contribution in [0.15, 0.2) is 59.5 Å². The van der Waals surface area contributed by atoms with Crippen LogP contribution < -0.4 is 15.4 Å². The molecule has 6 nitrogen and oxygen atoms in total. The first-order valence-corrected chi connectivity index (χ1v) is 9.53. The number of hydrogen-bond donors (Lipinski definition) is 2. The molecular weight excluding hydrogens is 338 g/mol. The number of anilines is 1. The van der Waals surface area contributed by atoms with Crippen LogP contribution in [0, 0.1) is 0 Å². The number of sulfonamides is 1. The van der Waals surface area contributed by atoms with Crippen LogP contribution in [0.3, 0.4) is 0 Å². The minimum Gasteiger partial charge on any atom is -0.352 e. The number of rotatable bonds is 8. The summed E-state index contributed by atoms with van der Waals surface area (Å²) < 4.78 is 26.8. The van der Waals surface area contributed by atoms with E-state index >= 15 is 0 Å². The van der Waals surface area contributed by atoms with Crippen LogP contribution in [0.4, 0.5) is 5.69 Å². The van der Waals surface area contributed by atoms with Crippen molar-refractivity contribution in [1.82, 2.24) is 5.32 Å². The third kappa shape index (κ3) is 4.80. The molecule has 1 amide bonds. The third-order valence-corrected chi connectivity index (χ3v) is 5.57. The van der Waals surface area contributed by atoms with Gasteiger partial charge in [0.2, 0.25) is 0 Å². The second kappa shape index (κ2) is 8.64. The molecule has 0 aliphatic rings. The lowest BCUT2D eigenvalue weighted by Crippen LogP contribution is -2.28. The Morgan fingerprint density at radius 1 is 1.08 bits per heavy atom. The molecule has 2 aromatic carbocycles. The van der Waals surface area contributed by atoms with Crippen LogP contribution in [-0.4, -0.2) is 34.5 Å². The van der Waals surface area contributed by atoms with E-state index in [0.717, 1.165) is 12.8 Å². The second-order valence-corrected chi connectivity index (χ2v) is 7.56. The van der Waals surface area contributed by atoms with Gasteiger partial charge >= 0.3 is 0 Å². The molecule has 3 N–H and O–H groups in total. The smallest absolute Gasteiger partial charge is 0.264 e. The van der Waals surface area contributed by atoms with E-state index in [1.54, 1.807) is 36.4 Å². The largest absolute Gasteiger partial charge is 0.352 e. The first kappa shape index (κ1) is 19.0. The highest BCUT2D eigenvalue weighted by atomic mass is 32.2. The number of nitrogens with one attached hydrogen (secondary N) is 1. The molecule has 2 aromatic rings. The maximum absolute atomic E-state index is 12.8. The van der Waals surface area contributed by atoms with Gasteiger partial charge < -0.3 is 11.1 Å². The summed E-state index contributed by atoms with van der Waals surface area (Å²) in [6.07, 6.45) is 1.62. The number of para-hydroxylation sites is 1. The zero-order valence-electron chi connectivity index (χ0n) is 14.2. The Balaban J connectivity index is 2.18. The van der Waals surface area contributed by atoms with Crippen LogP contribution in [-0.2, 0) is 10.0 Å². The summed E-state index contributed by atoms with van der Waals surface area (Å²) in [6.45, 7) is 1.09. The topological polar surface area (TPSA) is 92.5 Å². The lowest BCUT2D eigenvalue weighted by molar-refractivity contribution is 0.0953. The Hall–Kier alpha value is -2.38. The van der Waals surface area contributed by atoms with Gasteiger partial charge in [0.1, 0.15) is 0 Å². The number of nitrogens with zero attached hydrogens (tertiary/aromatic N) is 1. The van der Waals surface area contributed by atoms with Crippen molar-refractivity contribution in [2.24, 2.45) is 5.73 Å². The lowest BCUT2D eigenvalue weighted by atomic mass is 10.2. The maximum atomic E-state index is 12.8. The number of amides is 1. The molecule has 7 heteroatoms. The Morgan fingerprint density at radius 3 is 2.48 bits per heavy atom. The van der Waals surface area contributed by atoms with Crippen LogP contribution in [0.25, 0.3) is 0 Å². The van der Waals surface area contributed by atoms with Gasteiger partial charge in [-0.05, 0) is 49.7 Å². The van der Waals surface area contributed by atoms with Gasteiger partial charge in [0.15, 0.2) is 0 Å². The fourth-order valence-electron chi connectivity index (χ4n) is 2.31. The molecule has 0 atom stereocenters. The van der Waals surface area contributed by atoms with Crippen molar-refractivity contribution in [3.05, 3.63) is 60.2 Å². The average Bonchev–Trinajstić information content (AvgIpc) is 2.65. The van der Waals surface area contributed by atoms with Gasteiger partial charge in [-0.2, -0.15) is 0 Å². The minimum absolute atomic E-state index is 0.0773. The summed E-state index contributed by atoms with van der Waals surface area (Å²) in [6, 6.07) is 14.8. The Labute approximate surface area is 148 Å². The van der Waals surface area contributed by atoms with Crippen molar-refractivity contribution in [2.45, 2.75) is 17.7 Å². The summed E-state index contributed by atoms with van der Waals surface area (Å²) in [7, 11) is -2.25. The van der Waals surface area contributed by atoms with E-state index in [2.05, 4.69) is 5.32 Å². The van der Waals surface area contributed by atoms with Crippen molar-refractivity contribution in [3.63, 3.8) is 0 Å². The predicted molar refractivity (Wildman–Crippen MR) is 99.1 cm³/mol. The molecule has 0 fully saturated rings. The molecule has 0 unspecified atom stereocenters. The number of hydrogen-bond acceptors (Lipinski definition) is 4. The van der Waals surface area contributed by atoms with Crippen LogP contribution in [0.1, 0.15) is 23.2 Å². The zero-order chi connectivity index (χ0) is 18.3. The van der Waals surface area contributed by atoms with Crippen molar-refractivity contribution >= 4 is 21.6 Å². The minimum atomic E-state index is -3.74. The van der Waals surface area contributed by atoms with Gasteiger partial charge in [0.05, 0.1) is 10.6 Å². The number of carbonyl (C=O) groups is 1. The highest BCUT2D eigenvalue weighted by Crippen LogP contribution is 2.22. The molecule has 0 spiro atoms. The van der Waals surface area contributed by atoms with Crippen LogP contribution in [0.5, 0.6) is 0 Å². The maximum Gasteiger partial charge on any atom is 0.264 e. The lowest BCUT2D eigenvalue weighted by Gasteiger charge is -2.19. The highest BCUT2D eigenvalue weighted by Gasteiger charge is 2.22. The van der Waals surface area contributed by atoms with Crippen LogP contribution >= 0.6 is 0 Å². The Morgan fingerprint density at radius 2 is 1.80 bits per heavy atom. The predicted octanol–water partition coefficient (Wildman–Crippen LogP) is 1.98. The molecule has 134 valence electrons. The van der Waals surface area contributed by atoms with E-state index in [-0.39, 0.29) is 10.8 Å². The summed E-state index contributed by atoms with van der Waals surface area (Å²) >= 11 is 0. The van der Waals surface area contributed by atoms with E-state index in [1.807, 2.05) is 6.07 Å². The molecule has 0 radical (unpaired) electrons. The molecule has 0 aliphatic heterocycles. The Bertz CT molecular complexity index is 807. The molecule has 0 bridgehead atoms. The summed E-state index contributed by atoms with van der Waals surface area (Å²) in [5, 5.41) is 2.77. The molecular formula is C18H23N3O3S. The van der Waals surface area contributed by atoms with E-state index in [0.29, 0.717) is 24.3 Å². The van der Waals surface area contributed by atoms with Gasteiger partial charge in [0, 0.05) is 19.2 Å². The fraction of sp³-hybridized carbons (Fsp3) is 0.278. The quantitative estimate of drug-likeness (QED) is 0.703. The van der Waals surface area contributed by atoms with Crippen molar-refractivity contribution in [3.8, 4) is 0 Å². The van der Waals surface area contributed by atoms with Crippen molar-refractivity contribution < 1.29 is 13.2 Å². The normalized spacial score (nSPS) is 11.1. The molecule has 0 aromatic heterocycles. The third-order valence-electron chi connectivity index (χ3n) is 3.79.